The summed E-state index contributed by atoms with van der Waals surface area (Å²) in [5.74, 6) is -0.271. The third-order valence-electron chi connectivity index (χ3n) is 3.05. The van der Waals surface area contributed by atoms with E-state index in [1.807, 2.05) is 36.4 Å². The molecule has 0 saturated heterocycles. The molecule has 0 spiro atoms. The molecule has 1 N–H and O–H groups in total. The van der Waals surface area contributed by atoms with Crippen molar-refractivity contribution < 1.29 is 4.39 Å². The van der Waals surface area contributed by atoms with Crippen molar-refractivity contribution in [1.29, 1.82) is 0 Å². The van der Waals surface area contributed by atoms with Gasteiger partial charge in [-0.25, -0.2) is 9.37 Å². The van der Waals surface area contributed by atoms with Crippen molar-refractivity contribution in [2.75, 3.05) is 5.32 Å². The van der Waals surface area contributed by atoms with Crippen molar-refractivity contribution in [3.63, 3.8) is 0 Å². The standard InChI is InChI=1S/C16H12ClFN2S/c17-16-20-10-13(21-16)9-19-15-7-6-12(8-14(15)18)11-4-2-1-3-5-11/h1-8,10,19H,9H2. The highest BCUT2D eigenvalue weighted by Crippen LogP contribution is 2.25. The van der Waals surface area contributed by atoms with Crippen LogP contribution in [0.15, 0.2) is 54.7 Å². The number of rotatable bonds is 4. The second-order valence-corrected chi connectivity index (χ2v) is 6.19. The van der Waals surface area contributed by atoms with E-state index in [2.05, 4.69) is 10.3 Å². The van der Waals surface area contributed by atoms with Gasteiger partial charge in [0.05, 0.1) is 12.2 Å². The van der Waals surface area contributed by atoms with Gasteiger partial charge in [-0.05, 0) is 23.3 Å². The van der Waals surface area contributed by atoms with Gasteiger partial charge in [0.1, 0.15) is 5.82 Å². The zero-order valence-electron chi connectivity index (χ0n) is 11.0. The number of hydrogen-bond donors (Lipinski definition) is 1. The Morgan fingerprint density at radius 2 is 1.90 bits per heavy atom. The van der Waals surface area contributed by atoms with Crippen molar-refractivity contribution in [2.24, 2.45) is 0 Å². The Balaban J connectivity index is 1.75. The molecule has 0 amide bonds. The minimum absolute atomic E-state index is 0.271. The van der Waals surface area contributed by atoms with Crippen LogP contribution in [0.25, 0.3) is 11.1 Å². The summed E-state index contributed by atoms with van der Waals surface area (Å²) in [7, 11) is 0. The van der Waals surface area contributed by atoms with Gasteiger partial charge in [-0.15, -0.1) is 11.3 Å². The summed E-state index contributed by atoms with van der Waals surface area (Å²) >= 11 is 7.15. The summed E-state index contributed by atoms with van der Waals surface area (Å²) in [4.78, 5) is 4.92. The fraction of sp³-hybridized carbons (Fsp3) is 0.0625. The Bertz CT molecular complexity index is 743. The van der Waals surface area contributed by atoms with E-state index in [1.165, 1.54) is 17.4 Å². The van der Waals surface area contributed by atoms with Gasteiger partial charge in [-0.2, -0.15) is 0 Å². The highest BCUT2D eigenvalue weighted by molar-refractivity contribution is 7.15. The molecule has 0 fully saturated rings. The van der Waals surface area contributed by atoms with Crippen molar-refractivity contribution in [2.45, 2.75) is 6.54 Å². The molecular weight excluding hydrogens is 307 g/mol. The molecule has 0 saturated carbocycles. The second-order valence-electron chi connectivity index (χ2n) is 4.49. The molecule has 1 aromatic heterocycles. The van der Waals surface area contributed by atoms with Crippen LogP contribution in [0.5, 0.6) is 0 Å². The first kappa shape index (κ1) is 14.0. The van der Waals surface area contributed by atoms with E-state index < -0.39 is 0 Å². The molecule has 0 radical (unpaired) electrons. The van der Waals surface area contributed by atoms with E-state index in [-0.39, 0.29) is 5.82 Å². The van der Waals surface area contributed by atoms with Gasteiger partial charge < -0.3 is 5.32 Å². The molecule has 2 aromatic carbocycles. The van der Waals surface area contributed by atoms with Crippen LogP contribution in [-0.2, 0) is 6.54 Å². The van der Waals surface area contributed by atoms with Crippen LogP contribution in [0.3, 0.4) is 0 Å². The lowest BCUT2D eigenvalue weighted by atomic mass is 10.1. The summed E-state index contributed by atoms with van der Waals surface area (Å²) in [5, 5.41) is 3.06. The van der Waals surface area contributed by atoms with Crippen LogP contribution < -0.4 is 5.32 Å². The van der Waals surface area contributed by atoms with Crippen LogP contribution >= 0.6 is 22.9 Å². The molecule has 0 aliphatic rings. The summed E-state index contributed by atoms with van der Waals surface area (Å²) in [6, 6.07) is 14.9. The molecule has 0 aliphatic heterocycles. The summed E-state index contributed by atoms with van der Waals surface area (Å²) in [6.45, 7) is 0.506. The quantitative estimate of drug-likeness (QED) is 0.714. The van der Waals surface area contributed by atoms with Crippen LogP contribution in [0, 0.1) is 5.82 Å². The Kier molecular flexibility index (Phi) is 4.18. The maximum atomic E-state index is 14.1. The topological polar surface area (TPSA) is 24.9 Å². The molecular formula is C16H12ClFN2S. The van der Waals surface area contributed by atoms with Gasteiger partial charge in [0.15, 0.2) is 4.47 Å². The lowest BCUT2D eigenvalue weighted by molar-refractivity contribution is 0.630. The number of benzene rings is 2. The number of anilines is 1. The monoisotopic (exact) mass is 318 g/mol. The average Bonchev–Trinajstić information content (AvgIpc) is 2.92. The Morgan fingerprint density at radius 3 is 2.57 bits per heavy atom. The normalized spacial score (nSPS) is 10.6. The zero-order valence-corrected chi connectivity index (χ0v) is 12.6. The zero-order chi connectivity index (χ0) is 14.7. The molecule has 5 heteroatoms. The summed E-state index contributed by atoms with van der Waals surface area (Å²) in [6.07, 6.45) is 1.69. The third kappa shape index (κ3) is 3.40. The van der Waals surface area contributed by atoms with Crippen LogP contribution in [0.1, 0.15) is 4.88 Å². The number of nitrogens with zero attached hydrogens (tertiary/aromatic N) is 1. The van der Waals surface area contributed by atoms with E-state index in [9.17, 15) is 4.39 Å². The molecule has 0 bridgehead atoms. The largest absolute Gasteiger partial charge is 0.378 e. The van der Waals surface area contributed by atoms with E-state index >= 15 is 0 Å². The first-order valence-electron chi connectivity index (χ1n) is 6.41. The van der Waals surface area contributed by atoms with E-state index in [0.29, 0.717) is 16.7 Å². The van der Waals surface area contributed by atoms with Gasteiger partial charge in [0.2, 0.25) is 0 Å². The number of nitrogens with one attached hydrogen (secondary N) is 1. The highest BCUT2D eigenvalue weighted by atomic mass is 35.5. The van der Waals surface area contributed by atoms with E-state index in [4.69, 9.17) is 11.6 Å². The van der Waals surface area contributed by atoms with Gasteiger partial charge >= 0.3 is 0 Å². The Hall–Kier alpha value is -1.91. The second kappa shape index (κ2) is 6.24. The maximum Gasteiger partial charge on any atom is 0.183 e. The summed E-state index contributed by atoms with van der Waals surface area (Å²) < 4.78 is 14.6. The predicted octanol–water partition coefficient (Wildman–Crippen LogP) is 5.21. The van der Waals surface area contributed by atoms with Crippen LogP contribution in [0.4, 0.5) is 10.1 Å². The minimum atomic E-state index is -0.271. The first-order chi connectivity index (χ1) is 10.2. The smallest absolute Gasteiger partial charge is 0.183 e. The fourth-order valence-corrected chi connectivity index (χ4v) is 2.93. The Labute approximate surface area is 131 Å². The molecule has 0 unspecified atom stereocenters. The number of hydrogen-bond acceptors (Lipinski definition) is 3. The van der Waals surface area contributed by atoms with Crippen molar-refractivity contribution >= 4 is 28.6 Å². The first-order valence-corrected chi connectivity index (χ1v) is 7.61. The highest BCUT2D eigenvalue weighted by Gasteiger charge is 2.06. The van der Waals surface area contributed by atoms with Crippen molar-refractivity contribution in [1.82, 2.24) is 4.98 Å². The summed E-state index contributed by atoms with van der Waals surface area (Å²) in [5.41, 5.74) is 2.33. The number of thiazole rings is 1. The van der Waals surface area contributed by atoms with Crippen LogP contribution in [0.2, 0.25) is 4.47 Å². The van der Waals surface area contributed by atoms with Gasteiger partial charge in [0.25, 0.3) is 0 Å². The average molecular weight is 319 g/mol. The van der Waals surface area contributed by atoms with Gasteiger partial charge in [-0.3, -0.25) is 0 Å². The lowest BCUT2D eigenvalue weighted by Gasteiger charge is -2.08. The van der Waals surface area contributed by atoms with E-state index in [1.54, 1.807) is 12.3 Å². The van der Waals surface area contributed by atoms with E-state index in [0.717, 1.165) is 16.0 Å². The molecule has 0 aliphatic carbocycles. The molecule has 3 rings (SSSR count). The number of halogens is 2. The molecule has 2 nitrogen and oxygen atoms in total. The molecule has 0 atom stereocenters. The minimum Gasteiger partial charge on any atom is -0.378 e. The number of aromatic nitrogens is 1. The Morgan fingerprint density at radius 1 is 1.10 bits per heavy atom. The van der Waals surface area contributed by atoms with Gasteiger partial charge in [-0.1, -0.05) is 48.0 Å². The SMILES string of the molecule is Fc1cc(-c2ccccc2)ccc1NCc1cnc(Cl)s1. The molecule has 1 heterocycles. The van der Waals surface area contributed by atoms with Crippen LogP contribution in [-0.4, -0.2) is 4.98 Å². The molecule has 106 valence electrons. The predicted molar refractivity (Wildman–Crippen MR) is 86.3 cm³/mol. The van der Waals surface area contributed by atoms with Crippen molar-refractivity contribution in [3.8, 4) is 11.1 Å². The molecule has 21 heavy (non-hydrogen) atoms. The third-order valence-corrected chi connectivity index (χ3v) is 4.17. The van der Waals surface area contributed by atoms with Gasteiger partial charge in [0, 0.05) is 11.1 Å². The van der Waals surface area contributed by atoms with Crippen molar-refractivity contribution in [3.05, 3.63) is 69.9 Å². The lowest BCUT2D eigenvalue weighted by Crippen LogP contribution is -2.00. The maximum absolute atomic E-state index is 14.1. The molecule has 3 aromatic rings. The fourth-order valence-electron chi connectivity index (χ4n) is 2.02.